The summed E-state index contributed by atoms with van der Waals surface area (Å²) < 4.78 is 5.62. The van der Waals surface area contributed by atoms with Crippen LogP contribution in [0.4, 0.5) is 4.79 Å². The van der Waals surface area contributed by atoms with Crippen molar-refractivity contribution in [1.29, 1.82) is 0 Å². The number of amides is 1. The molecular weight excluding hydrogens is 370 g/mol. The molecule has 0 unspecified atom stereocenters. The fourth-order valence-corrected chi connectivity index (χ4v) is 3.40. The molecule has 1 amide bonds. The summed E-state index contributed by atoms with van der Waals surface area (Å²) in [6.07, 6.45) is 0.351. The van der Waals surface area contributed by atoms with Gasteiger partial charge in [0.15, 0.2) is 0 Å². The number of nitrogens with one attached hydrogen (secondary N) is 1. The summed E-state index contributed by atoms with van der Waals surface area (Å²) in [4.78, 5) is 18.6. The molecule has 1 aliphatic rings. The third kappa shape index (κ3) is 5.52. The average molecular weight is 396 g/mol. The molecule has 0 spiro atoms. The van der Waals surface area contributed by atoms with Gasteiger partial charge in [0, 0.05) is 24.7 Å². The third-order valence-electron chi connectivity index (χ3n) is 4.34. The Morgan fingerprint density at radius 1 is 1.46 bits per heavy atom. The van der Waals surface area contributed by atoms with Gasteiger partial charge in [0.25, 0.3) is 0 Å². The lowest BCUT2D eigenvalue weighted by Gasteiger charge is -2.45. The summed E-state index contributed by atoms with van der Waals surface area (Å²) in [6, 6.07) is 5.72. The van der Waals surface area contributed by atoms with Crippen molar-refractivity contribution < 1.29 is 9.53 Å². The molecule has 0 aliphatic carbocycles. The van der Waals surface area contributed by atoms with E-state index in [1.54, 1.807) is 0 Å². The first-order valence-corrected chi connectivity index (χ1v) is 9.45. The normalized spacial score (nSPS) is 20.4. The van der Waals surface area contributed by atoms with E-state index in [9.17, 15) is 4.79 Å². The molecule has 0 saturated carbocycles. The largest absolute Gasteiger partial charge is 0.444 e. The quantitative estimate of drug-likeness (QED) is 0.616. The molecule has 1 aromatic carbocycles. The van der Waals surface area contributed by atoms with E-state index in [0.717, 1.165) is 17.7 Å². The van der Waals surface area contributed by atoms with Crippen molar-refractivity contribution in [2.75, 3.05) is 19.6 Å². The third-order valence-corrected chi connectivity index (χ3v) is 4.70. The Morgan fingerprint density at radius 3 is 2.85 bits per heavy atom. The van der Waals surface area contributed by atoms with E-state index in [1.807, 2.05) is 43.9 Å². The van der Waals surface area contributed by atoms with Crippen molar-refractivity contribution in [2.45, 2.75) is 51.8 Å². The Labute approximate surface area is 165 Å². The van der Waals surface area contributed by atoms with Gasteiger partial charge in [0.1, 0.15) is 5.60 Å². The molecule has 2 rings (SSSR count). The zero-order chi connectivity index (χ0) is 19.4. The summed E-state index contributed by atoms with van der Waals surface area (Å²) in [5.74, 6) is 0. The zero-order valence-corrected chi connectivity index (χ0v) is 17.3. The minimum Gasteiger partial charge on any atom is -0.444 e. The minimum atomic E-state index is -0.530. The second kappa shape index (κ2) is 8.49. The SMILES string of the molecule is CC(C)(C)OC(=O)N1CCNC[C@]1(C)Cc1cc(Cl)ccc1CN=C=S. The van der Waals surface area contributed by atoms with E-state index >= 15 is 0 Å². The summed E-state index contributed by atoms with van der Waals surface area (Å²) >= 11 is 10.9. The van der Waals surface area contributed by atoms with Crippen LogP contribution in [0.2, 0.25) is 5.02 Å². The maximum absolute atomic E-state index is 12.8. The highest BCUT2D eigenvalue weighted by Gasteiger charge is 2.40. The monoisotopic (exact) mass is 395 g/mol. The van der Waals surface area contributed by atoms with Gasteiger partial charge in [-0.3, -0.25) is 4.90 Å². The molecule has 1 saturated heterocycles. The van der Waals surface area contributed by atoms with Gasteiger partial charge in [0.05, 0.1) is 17.2 Å². The van der Waals surface area contributed by atoms with Gasteiger partial charge in [-0.1, -0.05) is 17.7 Å². The van der Waals surface area contributed by atoms with Crippen LogP contribution in [-0.2, 0) is 17.7 Å². The molecular formula is C19H26ClN3O2S. The van der Waals surface area contributed by atoms with Crippen LogP contribution in [0.25, 0.3) is 0 Å². The molecule has 1 aliphatic heterocycles. The molecule has 1 fully saturated rings. The number of nitrogens with zero attached hydrogens (tertiary/aromatic N) is 2. The summed E-state index contributed by atoms with van der Waals surface area (Å²) in [6.45, 7) is 10.2. The number of aliphatic imine (C=N–C) groups is 1. The van der Waals surface area contributed by atoms with Crippen molar-refractivity contribution in [1.82, 2.24) is 10.2 Å². The first-order chi connectivity index (χ1) is 12.1. The fourth-order valence-electron chi connectivity index (χ4n) is 3.14. The molecule has 142 valence electrons. The first kappa shape index (κ1) is 20.8. The highest BCUT2D eigenvalue weighted by Crippen LogP contribution is 2.28. The van der Waals surface area contributed by atoms with E-state index in [1.165, 1.54) is 0 Å². The molecule has 1 aromatic rings. The van der Waals surface area contributed by atoms with E-state index in [-0.39, 0.29) is 6.09 Å². The van der Waals surface area contributed by atoms with Crippen LogP contribution in [0.1, 0.15) is 38.8 Å². The van der Waals surface area contributed by atoms with Crippen molar-refractivity contribution >= 4 is 35.1 Å². The molecule has 26 heavy (non-hydrogen) atoms. The zero-order valence-electron chi connectivity index (χ0n) is 15.8. The highest BCUT2D eigenvalue weighted by atomic mass is 35.5. The molecule has 5 nitrogen and oxygen atoms in total. The van der Waals surface area contributed by atoms with Gasteiger partial charge in [-0.2, -0.15) is 0 Å². The topological polar surface area (TPSA) is 53.9 Å². The second-order valence-electron chi connectivity index (χ2n) is 7.80. The molecule has 7 heteroatoms. The van der Waals surface area contributed by atoms with Gasteiger partial charge in [-0.05, 0) is 69.6 Å². The van der Waals surface area contributed by atoms with Crippen molar-refractivity contribution in [2.24, 2.45) is 4.99 Å². The van der Waals surface area contributed by atoms with Gasteiger partial charge in [-0.25, -0.2) is 9.79 Å². The van der Waals surface area contributed by atoms with Crippen molar-refractivity contribution in [3.05, 3.63) is 34.3 Å². The summed E-state index contributed by atoms with van der Waals surface area (Å²) in [5.41, 5.74) is 1.12. The second-order valence-corrected chi connectivity index (χ2v) is 8.42. The van der Waals surface area contributed by atoms with Crippen LogP contribution in [0.5, 0.6) is 0 Å². The predicted molar refractivity (Wildman–Crippen MR) is 108 cm³/mol. The Morgan fingerprint density at radius 2 is 2.19 bits per heavy atom. The average Bonchev–Trinajstić information content (AvgIpc) is 2.52. The van der Waals surface area contributed by atoms with Crippen LogP contribution >= 0.6 is 23.8 Å². The maximum atomic E-state index is 12.8. The van der Waals surface area contributed by atoms with E-state index in [0.29, 0.717) is 31.1 Å². The van der Waals surface area contributed by atoms with Crippen LogP contribution in [0.15, 0.2) is 23.2 Å². The number of benzene rings is 1. The Bertz CT molecular complexity index is 713. The van der Waals surface area contributed by atoms with Crippen molar-refractivity contribution in [3.8, 4) is 0 Å². The number of hydrogen-bond acceptors (Lipinski definition) is 5. The molecule has 1 atom stereocenters. The van der Waals surface area contributed by atoms with Gasteiger partial charge in [0.2, 0.25) is 0 Å². The summed E-state index contributed by atoms with van der Waals surface area (Å²) in [7, 11) is 0. The van der Waals surface area contributed by atoms with Crippen LogP contribution in [0.3, 0.4) is 0 Å². The number of piperazine rings is 1. The number of ether oxygens (including phenoxy) is 1. The number of thiocarbonyl (C=S) groups is 1. The molecule has 0 bridgehead atoms. The number of carbonyl (C=O) groups excluding carboxylic acids is 1. The fraction of sp³-hybridized carbons (Fsp3) is 0.579. The van der Waals surface area contributed by atoms with Crippen LogP contribution in [0, 0.1) is 0 Å². The number of isothiocyanates is 1. The lowest BCUT2D eigenvalue weighted by Crippen LogP contribution is -2.63. The van der Waals surface area contributed by atoms with E-state index < -0.39 is 11.1 Å². The minimum absolute atomic E-state index is 0.290. The predicted octanol–water partition coefficient (Wildman–Crippen LogP) is 4.08. The standard InChI is InChI=1S/C19H26ClN3O2S/c1-18(2,3)25-17(24)23-8-7-21-12-19(23,4)10-15-9-16(20)6-5-14(15)11-22-13-26/h5-6,9,21H,7-8,10-12H2,1-4H3/t19-/m0/s1. The molecule has 0 radical (unpaired) electrons. The molecule has 0 aromatic heterocycles. The lowest BCUT2D eigenvalue weighted by molar-refractivity contribution is -0.00682. The Hall–Kier alpha value is -1.46. The van der Waals surface area contributed by atoms with E-state index in [2.05, 4.69) is 34.6 Å². The van der Waals surface area contributed by atoms with Crippen LogP contribution < -0.4 is 5.32 Å². The van der Waals surface area contributed by atoms with Crippen molar-refractivity contribution in [3.63, 3.8) is 0 Å². The van der Waals surface area contributed by atoms with Crippen LogP contribution in [-0.4, -0.2) is 46.9 Å². The van der Waals surface area contributed by atoms with Gasteiger partial charge in [-0.15, -0.1) is 0 Å². The lowest BCUT2D eigenvalue weighted by atomic mass is 9.87. The van der Waals surface area contributed by atoms with E-state index in [4.69, 9.17) is 16.3 Å². The Balaban J connectivity index is 2.30. The smallest absolute Gasteiger partial charge is 0.410 e. The highest BCUT2D eigenvalue weighted by molar-refractivity contribution is 7.78. The number of halogens is 1. The van der Waals surface area contributed by atoms with Gasteiger partial charge < -0.3 is 10.1 Å². The molecule has 1 heterocycles. The first-order valence-electron chi connectivity index (χ1n) is 8.67. The maximum Gasteiger partial charge on any atom is 0.410 e. The number of rotatable bonds is 4. The Kier molecular flexibility index (Phi) is 6.80. The number of hydrogen-bond donors (Lipinski definition) is 1. The van der Waals surface area contributed by atoms with Gasteiger partial charge >= 0.3 is 6.09 Å². The summed E-state index contributed by atoms with van der Waals surface area (Å²) in [5, 5.41) is 6.45. The number of carbonyl (C=O) groups is 1. The molecule has 1 N–H and O–H groups in total.